The van der Waals surface area contributed by atoms with Crippen molar-refractivity contribution in [3.8, 4) is 5.75 Å². The van der Waals surface area contributed by atoms with E-state index in [0.29, 0.717) is 13.1 Å². The van der Waals surface area contributed by atoms with Crippen LogP contribution in [0, 0.1) is 0 Å². The summed E-state index contributed by atoms with van der Waals surface area (Å²) in [6, 6.07) is 5.96. The maximum absolute atomic E-state index is 9.20. The van der Waals surface area contributed by atoms with E-state index in [1.807, 2.05) is 32.0 Å². The number of rotatable bonds is 6. The van der Waals surface area contributed by atoms with Crippen molar-refractivity contribution in [3.05, 3.63) is 28.2 Å². The Morgan fingerprint density at radius 3 is 2.65 bits per heavy atom. The van der Waals surface area contributed by atoms with Gasteiger partial charge in [-0.1, -0.05) is 15.9 Å². The molecule has 17 heavy (non-hydrogen) atoms. The number of aliphatic hydroxyl groups excluding tert-OH is 1. The molecule has 4 heteroatoms. The molecule has 0 amide bonds. The summed E-state index contributed by atoms with van der Waals surface area (Å²) in [5.74, 6) is 0.890. The molecule has 0 fully saturated rings. The van der Waals surface area contributed by atoms with Crippen LogP contribution in [0.3, 0.4) is 0 Å². The average molecular weight is 302 g/mol. The highest BCUT2D eigenvalue weighted by molar-refractivity contribution is 9.10. The van der Waals surface area contributed by atoms with E-state index in [4.69, 9.17) is 4.74 Å². The van der Waals surface area contributed by atoms with E-state index in [-0.39, 0.29) is 12.2 Å². The third-order valence-corrected chi connectivity index (χ3v) is 2.63. The van der Waals surface area contributed by atoms with Crippen LogP contribution >= 0.6 is 15.9 Å². The second-order valence-corrected chi connectivity index (χ2v) is 5.31. The minimum Gasteiger partial charge on any atom is -0.491 e. The molecule has 0 aliphatic heterocycles. The molecule has 0 aromatic heterocycles. The number of halogens is 1. The molecule has 0 heterocycles. The molecule has 96 valence electrons. The van der Waals surface area contributed by atoms with Gasteiger partial charge in [0.1, 0.15) is 5.75 Å². The van der Waals surface area contributed by atoms with Gasteiger partial charge in [-0.3, -0.25) is 0 Å². The average Bonchev–Trinajstić information content (AvgIpc) is 2.21. The molecule has 0 radical (unpaired) electrons. The second-order valence-electron chi connectivity index (χ2n) is 4.40. The summed E-state index contributed by atoms with van der Waals surface area (Å²) >= 11 is 3.45. The Morgan fingerprint density at radius 2 is 2.06 bits per heavy atom. The third-order valence-electron chi connectivity index (χ3n) is 2.14. The van der Waals surface area contributed by atoms with Gasteiger partial charge in [0.15, 0.2) is 0 Å². The van der Waals surface area contributed by atoms with Crippen LogP contribution in [0.5, 0.6) is 5.75 Å². The quantitative estimate of drug-likeness (QED) is 0.849. The van der Waals surface area contributed by atoms with Gasteiger partial charge in [-0.25, -0.2) is 0 Å². The van der Waals surface area contributed by atoms with Crippen molar-refractivity contribution >= 4 is 15.9 Å². The summed E-state index contributed by atoms with van der Waals surface area (Å²) in [6.45, 7) is 7.05. The second kappa shape index (κ2) is 6.99. The lowest BCUT2D eigenvalue weighted by Gasteiger charge is -2.15. The van der Waals surface area contributed by atoms with Crippen LogP contribution in [0.2, 0.25) is 0 Å². The van der Waals surface area contributed by atoms with Gasteiger partial charge in [0, 0.05) is 23.1 Å². The summed E-state index contributed by atoms with van der Waals surface area (Å²) in [7, 11) is 0. The maximum atomic E-state index is 9.20. The van der Waals surface area contributed by atoms with Crippen molar-refractivity contribution in [2.75, 3.05) is 6.54 Å². The van der Waals surface area contributed by atoms with E-state index in [0.717, 1.165) is 15.8 Å². The first kappa shape index (κ1) is 14.5. The van der Waals surface area contributed by atoms with Crippen molar-refractivity contribution < 1.29 is 9.84 Å². The van der Waals surface area contributed by atoms with Gasteiger partial charge in [0.05, 0.1) is 12.2 Å². The number of aliphatic hydroxyl groups is 1. The van der Waals surface area contributed by atoms with Crippen LogP contribution in [0.15, 0.2) is 22.7 Å². The highest BCUT2D eigenvalue weighted by Gasteiger charge is 2.06. The summed E-state index contributed by atoms with van der Waals surface area (Å²) < 4.78 is 6.76. The van der Waals surface area contributed by atoms with Gasteiger partial charge in [-0.2, -0.15) is 0 Å². The standard InChI is InChI=1S/C13H20BrNO2/c1-9(2)17-13-5-4-12(14)6-11(13)8-15-7-10(3)16/h4-6,9-10,15-16H,7-8H2,1-3H3/t10-/m0/s1. The minimum atomic E-state index is -0.336. The van der Waals surface area contributed by atoms with E-state index in [1.165, 1.54) is 0 Å². The van der Waals surface area contributed by atoms with E-state index in [1.54, 1.807) is 6.92 Å². The summed E-state index contributed by atoms with van der Waals surface area (Å²) in [5.41, 5.74) is 1.09. The third kappa shape index (κ3) is 5.52. The monoisotopic (exact) mass is 301 g/mol. The van der Waals surface area contributed by atoms with Gasteiger partial charge in [0.2, 0.25) is 0 Å². The highest BCUT2D eigenvalue weighted by atomic mass is 79.9. The molecule has 0 aliphatic rings. The normalized spacial score (nSPS) is 12.8. The van der Waals surface area contributed by atoms with Crippen molar-refractivity contribution in [3.63, 3.8) is 0 Å². The first-order valence-electron chi connectivity index (χ1n) is 5.83. The topological polar surface area (TPSA) is 41.5 Å². The zero-order chi connectivity index (χ0) is 12.8. The van der Waals surface area contributed by atoms with Crippen molar-refractivity contribution in [1.82, 2.24) is 5.32 Å². The molecular weight excluding hydrogens is 282 g/mol. The first-order valence-corrected chi connectivity index (χ1v) is 6.62. The van der Waals surface area contributed by atoms with Crippen molar-refractivity contribution in [1.29, 1.82) is 0 Å². The number of ether oxygens (including phenoxy) is 1. The van der Waals surface area contributed by atoms with E-state index in [9.17, 15) is 5.11 Å². The molecule has 0 spiro atoms. The predicted molar refractivity (Wildman–Crippen MR) is 73.3 cm³/mol. The number of hydrogen-bond acceptors (Lipinski definition) is 3. The fraction of sp³-hybridized carbons (Fsp3) is 0.538. The molecule has 0 saturated carbocycles. The van der Waals surface area contributed by atoms with Crippen LogP contribution < -0.4 is 10.1 Å². The van der Waals surface area contributed by atoms with Gasteiger partial charge in [-0.05, 0) is 39.0 Å². The van der Waals surface area contributed by atoms with Gasteiger partial charge < -0.3 is 15.2 Å². The molecule has 1 rings (SSSR count). The molecule has 0 unspecified atom stereocenters. The predicted octanol–water partition coefficient (Wildman–Crippen LogP) is 2.71. The zero-order valence-corrected chi connectivity index (χ0v) is 12.1. The van der Waals surface area contributed by atoms with Gasteiger partial charge in [0.25, 0.3) is 0 Å². The summed E-state index contributed by atoms with van der Waals surface area (Å²) in [5, 5.41) is 12.4. The Kier molecular flexibility index (Phi) is 5.95. The van der Waals surface area contributed by atoms with Gasteiger partial charge >= 0.3 is 0 Å². The van der Waals surface area contributed by atoms with Crippen molar-refractivity contribution in [2.24, 2.45) is 0 Å². The number of hydrogen-bond donors (Lipinski definition) is 2. The maximum Gasteiger partial charge on any atom is 0.124 e. The molecule has 1 aromatic carbocycles. The fourth-order valence-electron chi connectivity index (χ4n) is 1.47. The lowest BCUT2D eigenvalue weighted by Crippen LogP contribution is -2.24. The first-order chi connectivity index (χ1) is 7.99. The lowest BCUT2D eigenvalue weighted by atomic mass is 10.2. The molecule has 1 aromatic rings. The smallest absolute Gasteiger partial charge is 0.124 e. The Bertz CT molecular complexity index is 353. The van der Waals surface area contributed by atoms with Crippen molar-refractivity contribution in [2.45, 2.75) is 39.5 Å². The molecule has 0 saturated heterocycles. The highest BCUT2D eigenvalue weighted by Crippen LogP contribution is 2.24. The van der Waals surface area contributed by atoms with Crippen LogP contribution in [0.1, 0.15) is 26.3 Å². The number of nitrogens with one attached hydrogen (secondary N) is 1. The Hall–Kier alpha value is -0.580. The summed E-state index contributed by atoms with van der Waals surface area (Å²) in [6.07, 6.45) is -0.177. The molecule has 1 atom stereocenters. The number of benzene rings is 1. The van der Waals surface area contributed by atoms with Crippen LogP contribution in [-0.4, -0.2) is 23.9 Å². The Balaban J connectivity index is 2.69. The van der Waals surface area contributed by atoms with Crippen LogP contribution in [0.4, 0.5) is 0 Å². The molecule has 3 nitrogen and oxygen atoms in total. The molecule has 0 aliphatic carbocycles. The van der Waals surface area contributed by atoms with Gasteiger partial charge in [-0.15, -0.1) is 0 Å². The van der Waals surface area contributed by atoms with E-state index >= 15 is 0 Å². The lowest BCUT2D eigenvalue weighted by molar-refractivity contribution is 0.190. The van der Waals surface area contributed by atoms with E-state index in [2.05, 4.69) is 21.2 Å². The van der Waals surface area contributed by atoms with Crippen LogP contribution in [-0.2, 0) is 6.54 Å². The SMILES string of the molecule is CC(C)Oc1ccc(Br)cc1CNC[C@H](C)O. The molecule has 2 N–H and O–H groups in total. The van der Waals surface area contributed by atoms with E-state index < -0.39 is 0 Å². The Morgan fingerprint density at radius 1 is 1.35 bits per heavy atom. The van der Waals surface area contributed by atoms with Crippen LogP contribution in [0.25, 0.3) is 0 Å². The fourth-order valence-corrected chi connectivity index (χ4v) is 1.88. The summed E-state index contributed by atoms with van der Waals surface area (Å²) in [4.78, 5) is 0. The molecule has 0 bridgehead atoms. The Labute approximate surface area is 111 Å². The molecular formula is C13H20BrNO2. The minimum absolute atomic E-state index is 0.159. The largest absolute Gasteiger partial charge is 0.491 e. The zero-order valence-electron chi connectivity index (χ0n) is 10.5.